The molecule has 57 heavy (non-hydrogen) atoms. The predicted octanol–water partition coefficient (Wildman–Crippen LogP) is 12.2. The summed E-state index contributed by atoms with van der Waals surface area (Å²) in [5, 5.41) is 3.35. The van der Waals surface area contributed by atoms with E-state index in [1.165, 1.54) is 22.2 Å². The normalized spacial score (nSPS) is 12.4. The van der Waals surface area contributed by atoms with Crippen molar-refractivity contribution in [3.63, 3.8) is 0 Å². The van der Waals surface area contributed by atoms with Crippen molar-refractivity contribution in [2.24, 2.45) is 0 Å². The molecule has 0 saturated heterocycles. The third-order valence-corrected chi connectivity index (χ3v) is 10.9. The van der Waals surface area contributed by atoms with Crippen LogP contribution in [0.4, 0.5) is 0 Å². The van der Waals surface area contributed by atoms with Gasteiger partial charge >= 0.3 is 0 Å². The SMILES string of the molecule is C1=Cc2c(n(-c3cc(-c4ccc5ccc6cccnc6c5n4)cc(-c4nc(-c5ccccc5)nc(-c5ccc(-c6ccccc6)cc5)n4)c3)c3ccccc23)CC1. The minimum Gasteiger partial charge on any atom is -0.313 e. The number of hydrogen-bond donors (Lipinski definition) is 0. The lowest BCUT2D eigenvalue weighted by atomic mass is 10.0. The highest BCUT2D eigenvalue weighted by Crippen LogP contribution is 2.38. The number of rotatable bonds is 6. The Morgan fingerprint density at radius 2 is 1.07 bits per heavy atom. The van der Waals surface area contributed by atoms with E-state index in [-0.39, 0.29) is 0 Å². The zero-order chi connectivity index (χ0) is 37.7. The molecule has 0 amide bonds. The molecule has 0 atom stereocenters. The molecule has 1 aliphatic rings. The van der Waals surface area contributed by atoms with Crippen LogP contribution in [0.2, 0.25) is 0 Å². The Hall–Kier alpha value is -7.57. The average Bonchev–Trinajstić information content (AvgIpc) is 3.63. The van der Waals surface area contributed by atoms with Gasteiger partial charge in [0.15, 0.2) is 17.5 Å². The summed E-state index contributed by atoms with van der Waals surface area (Å²) < 4.78 is 2.42. The van der Waals surface area contributed by atoms with Gasteiger partial charge < -0.3 is 4.57 Å². The van der Waals surface area contributed by atoms with Crippen molar-refractivity contribution >= 4 is 38.8 Å². The Kier molecular flexibility index (Phi) is 7.84. The minimum atomic E-state index is 0.590. The van der Waals surface area contributed by atoms with Crippen LogP contribution < -0.4 is 0 Å². The zero-order valence-corrected chi connectivity index (χ0v) is 30.9. The van der Waals surface area contributed by atoms with Gasteiger partial charge in [0.25, 0.3) is 0 Å². The lowest BCUT2D eigenvalue weighted by Crippen LogP contribution is -2.05. The first-order valence-electron chi connectivity index (χ1n) is 19.3. The molecule has 268 valence electrons. The summed E-state index contributed by atoms with van der Waals surface area (Å²) in [4.78, 5) is 25.5. The van der Waals surface area contributed by atoms with Gasteiger partial charge in [-0.1, -0.05) is 140 Å². The summed E-state index contributed by atoms with van der Waals surface area (Å²) in [5.74, 6) is 1.82. The molecule has 0 saturated carbocycles. The summed E-state index contributed by atoms with van der Waals surface area (Å²) >= 11 is 0. The van der Waals surface area contributed by atoms with Gasteiger partial charge in [0, 0.05) is 61.6 Å². The summed E-state index contributed by atoms with van der Waals surface area (Å²) in [6.45, 7) is 0. The van der Waals surface area contributed by atoms with E-state index in [0.29, 0.717) is 17.5 Å². The highest BCUT2D eigenvalue weighted by atomic mass is 15.0. The van der Waals surface area contributed by atoms with E-state index in [0.717, 1.165) is 79.4 Å². The lowest BCUT2D eigenvalue weighted by molar-refractivity contribution is 0.888. The smallest absolute Gasteiger partial charge is 0.164 e. The minimum absolute atomic E-state index is 0.590. The monoisotopic (exact) mass is 730 g/mol. The van der Waals surface area contributed by atoms with E-state index >= 15 is 0 Å². The van der Waals surface area contributed by atoms with E-state index in [4.69, 9.17) is 24.9 Å². The molecular weight excluding hydrogens is 697 g/mol. The first-order valence-corrected chi connectivity index (χ1v) is 19.3. The summed E-state index contributed by atoms with van der Waals surface area (Å²) in [7, 11) is 0. The van der Waals surface area contributed by atoms with Crippen molar-refractivity contribution in [3.8, 4) is 62.2 Å². The van der Waals surface area contributed by atoms with Crippen LogP contribution in [-0.4, -0.2) is 29.5 Å². The molecular formula is C51H34N6. The Balaban J connectivity index is 1.15. The number of allylic oxidation sites excluding steroid dienone is 1. The van der Waals surface area contributed by atoms with E-state index in [1.807, 2.05) is 48.7 Å². The lowest BCUT2D eigenvalue weighted by Gasteiger charge is -2.17. The second kappa shape index (κ2) is 13.6. The fraction of sp³-hybridized carbons (Fsp3) is 0.0392. The van der Waals surface area contributed by atoms with Crippen LogP contribution in [0.1, 0.15) is 17.7 Å². The maximum Gasteiger partial charge on any atom is 0.164 e. The van der Waals surface area contributed by atoms with Crippen molar-refractivity contribution in [3.05, 3.63) is 187 Å². The number of para-hydroxylation sites is 1. The molecule has 10 aromatic rings. The Morgan fingerprint density at radius 3 is 1.86 bits per heavy atom. The predicted molar refractivity (Wildman–Crippen MR) is 232 cm³/mol. The largest absolute Gasteiger partial charge is 0.313 e. The second-order valence-electron chi connectivity index (χ2n) is 14.4. The molecule has 0 bridgehead atoms. The number of pyridine rings is 2. The fourth-order valence-corrected chi connectivity index (χ4v) is 8.16. The van der Waals surface area contributed by atoms with Crippen LogP contribution in [-0.2, 0) is 6.42 Å². The molecule has 11 rings (SSSR count). The highest BCUT2D eigenvalue weighted by Gasteiger charge is 2.21. The van der Waals surface area contributed by atoms with Gasteiger partial charge in [0.1, 0.15) is 0 Å². The molecule has 0 N–H and O–H groups in total. The van der Waals surface area contributed by atoms with Crippen molar-refractivity contribution in [2.45, 2.75) is 12.8 Å². The Labute approximate surface area is 329 Å². The number of benzene rings is 6. The van der Waals surface area contributed by atoms with Crippen molar-refractivity contribution in [2.75, 3.05) is 0 Å². The molecule has 6 nitrogen and oxygen atoms in total. The molecule has 0 aliphatic heterocycles. The van der Waals surface area contributed by atoms with E-state index in [2.05, 4.69) is 138 Å². The van der Waals surface area contributed by atoms with Crippen LogP contribution in [0.25, 0.3) is 101 Å². The number of nitrogens with zero attached hydrogens (tertiary/aromatic N) is 6. The topological polar surface area (TPSA) is 69.4 Å². The second-order valence-corrected chi connectivity index (χ2v) is 14.4. The van der Waals surface area contributed by atoms with E-state index in [1.54, 1.807) is 0 Å². The van der Waals surface area contributed by atoms with Crippen LogP contribution in [0.5, 0.6) is 0 Å². The van der Waals surface area contributed by atoms with Gasteiger partial charge in [-0.05, 0) is 60.4 Å². The third-order valence-electron chi connectivity index (χ3n) is 10.9. The molecule has 6 aromatic carbocycles. The molecule has 0 radical (unpaired) electrons. The van der Waals surface area contributed by atoms with Crippen molar-refractivity contribution in [1.82, 2.24) is 29.5 Å². The average molecular weight is 731 g/mol. The Bertz CT molecular complexity index is 3170. The molecule has 0 unspecified atom stereocenters. The summed E-state index contributed by atoms with van der Waals surface area (Å²) in [6, 6.07) is 56.9. The maximum absolute atomic E-state index is 5.31. The molecule has 4 heterocycles. The van der Waals surface area contributed by atoms with E-state index < -0.39 is 0 Å². The van der Waals surface area contributed by atoms with Gasteiger partial charge in [-0.15, -0.1) is 0 Å². The van der Waals surface area contributed by atoms with Gasteiger partial charge in [0.2, 0.25) is 0 Å². The molecule has 1 aliphatic carbocycles. The number of aromatic nitrogens is 6. The molecule has 0 spiro atoms. The molecule has 4 aromatic heterocycles. The summed E-state index contributed by atoms with van der Waals surface area (Å²) in [5.41, 5.74) is 13.4. The fourth-order valence-electron chi connectivity index (χ4n) is 8.16. The number of hydrogen-bond acceptors (Lipinski definition) is 5. The molecule has 0 fully saturated rings. The van der Waals surface area contributed by atoms with Crippen LogP contribution in [0.15, 0.2) is 176 Å². The van der Waals surface area contributed by atoms with Crippen LogP contribution in [0, 0.1) is 0 Å². The van der Waals surface area contributed by atoms with Crippen LogP contribution >= 0.6 is 0 Å². The Morgan fingerprint density at radius 1 is 0.456 bits per heavy atom. The summed E-state index contributed by atoms with van der Waals surface area (Å²) in [6.07, 6.45) is 8.32. The van der Waals surface area contributed by atoms with Gasteiger partial charge in [0.05, 0.1) is 22.2 Å². The quantitative estimate of drug-likeness (QED) is 0.159. The first kappa shape index (κ1) is 32.8. The number of fused-ring (bicyclic) bond motifs is 6. The van der Waals surface area contributed by atoms with Gasteiger partial charge in [-0.2, -0.15) is 0 Å². The third kappa shape index (κ3) is 5.86. The van der Waals surface area contributed by atoms with Gasteiger partial charge in [-0.3, -0.25) is 4.98 Å². The molecule has 6 heteroatoms. The standard InChI is InChI=1S/C51H34N6/c1-3-12-33(13-4-1)34-21-25-38(26-22-34)50-54-49(37-14-5-2-6-15-37)55-51(56-50)40-30-39(44-28-27-36-24-23-35-16-11-29-52-47(35)48(36)53-44)31-41(32-40)57-45-19-9-7-17-42(45)43-18-8-10-20-46(43)57/h1-9,11-19,21-32H,10,20H2. The highest BCUT2D eigenvalue weighted by molar-refractivity contribution is 6.03. The zero-order valence-electron chi connectivity index (χ0n) is 30.9. The van der Waals surface area contributed by atoms with Gasteiger partial charge in [-0.25, -0.2) is 19.9 Å². The van der Waals surface area contributed by atoms with Crippen molar-refractivity contribution in [1.29, 1.82) is 0 Å². The first-order chi connectivity index (χ1) is 28.2. The van der Waals surface area contributed by atoms with E-state index in [9.17, 15) is 0 Å². The maximum atomic E-state index is 5.31. The van der Waals surface area contributed by atoms with Crippen molar-refractivity contribution < 1.29 is 0 Å². The van der Waals surface area contributed by atoms with Crippen LogP contribution in [0.3, 0.4) is 0 Å².